The first kappa shape index (κ1) is 17.5. The molecular weight excluding hydrogens is 304 g/mol. The fourth-order valence-corrected chi connectivity index (χ4v) is 2.10. The van der Waals surface area contributed by atoms with Crippen LogP contribution >= 0.6 is 0 Å². The second kappa shape index (κ2) is 9.35. The predicted octanol–water partition coefficient (Wildman–Crippen LogP) is 3.20. The minimum atomic E-state index is -0.306. The van der Waals surface area contributed by atoms with Crippen molar-refractivity contribution >= 4 is 11.6 Å². The van der Waals surface area contributed by atoms with Crippen molar-refractivity contribution in [3.63, 3.8) is 0 Å². The van der Waals surface area contributed by atoms with E-state index in [2.05, 4.69) is 22.7 Å². The first-order valence-corrected chi connectivity index (χ1v) is 7.81. The van der Waals surface area contributed by atoms with Crippen molar-refractivity contribution in [2.45, 2.75) is 19.8 Å². The number of amides is 1. The molecule has 0 heterocycles. The Morgan fingerprint density at radius 1 is 1.04 bits per heavy atom. The molecule has 126 valence electrons. The number of carbonyl (C=O) groups is 1. The van der Waals surface area contributed by atoms with Gasteiger partial charge in [0.05, 0.1) is 7.11 Å². The number of aryl methyl sites for hydroxylation is 1. The summed E-state index contributed by atoms with van der Waals surface area (Å²) in [7, 11) is 1.56. The minimum Gasteiger partial charge on any atom is -0.493 e. The van der Waals surface area contributed by atoms with E-state index in [1.54, 1.807) is 19.2 Å². The van der Waals surface area contributed by atoms with Crippen molar-refractivity contribution < 1.29 is 14.3 Å². The lowest BCUT2D eigenvalue weighted by Gasteiger charge is -2.09. The van der Waals surface area contributed by atoms with Crippen molar-refractivity contribution in [3.8, 4) is 11.5 Å². The molecule has 0 aliphatic carbocycles. The van der Waals surface area contributed by atoms with Crippen molar-refractivity contribution in [1.29, 1.82) is 0 Å². The van der Waals surface area contributed by atoms with Gasteiger partial charge in [-0.25, -0.2) is 5.43 Å². The van der Waals surface area contributed by atoms with E-state index in [-0.39, 0.29) is 12.5 Å². The molecule has 24 heavy (non-hydrogen) atoms. The highest BCUT2D eigenvalue weighted by Gasteiger charge is 2.06. The largest absolute Gasteiger partial charge is 0.493 e. The molecule has 2 aromatic rings. The quantitative estimate of drug-likeness (QED) is 0.598. The molecule has 0 spiro atoms. The van der Waals surface area contributed by atoms with Gasteiger partial charge in [0.1, 0.15) is 0 Å². The monoisotopic (exact) mass is 326 g/mol. The van der Waals surface area contributed by atoms with Gasteiger partial charge in [0.2, 0.25) is 0 Å². The number of carbonyl (C=O) groups excluding carboxylic acids is 1. The van der Waals surface area contributed by atoms with Crippen LogP contribution in [0.5, 0.6) is 11.5 Å². The molecular formula is C19H22N2O3. The van der Waals surface area contributed by atoms with Gasteiger partial charge in [-0.1, -0.05) is 42.5 Å². The van der Waals surface area contributed by atoms with Gasteiger partial charge in [-0.2, -0.15) is 5.10 Å². The molecule has 0 fully saturated rings. The van der Waals surface area contributed by atoms with E-state index >= 15 is 0 Å². The molecule has 2 rings (SSSR count). The summed E-state index contributed by atoms with van der Waals surface area (Å²) in [6.45, 7) is 1.78. The maximum absolute atomic E-state index is 11.8. The Hall–Kier alpha value is -2.82. The van der Waals surface area contributed by atoms with Crippen LogP contribution in [0, 0.1) is 0 Å². The highest BCUT2D eigenvalue weighted by Crippen LogP contribution is 2.25. The Morgan fingerprint density at radius 2 is 1.71 bits per heavy atom. The summed E-state index contributed by atoms with van der Waals surface area (Å²) in [5, 5.41) is 4.10. The van der Waals surface area contributed by atoms with Crippen LogP contribution in [-0.2, 0) is 11.2 Å². The topological polar surface area (TPSA) is 59.9 Å². The average Bonchev–Trinajstić information content (AvgIpc) is 2.64. The third-order valence-corrected chi connectivity index (χ3v) is 3.42. The molecule has 5 nitrogen and oxygen atoms in total. The molecule has 1 N–H and O–H groups in total. The Morgan fingerprint density at radius 3 is 2.42 bits per heavy atom. The molecule has 0 aliphatic heterocycles. The molecule has 0 unspecified atom stereocenters. The standard InChI is InChI=1S/C19H22N2O3/c1-15(12-13-16-8-4-3-5-9-16)20-21-19(22)14-24-18-11-7-6-10-17(18)23-2/h3-11H,12-14H2,1-2H3,(H,21,22)/b20-15-. The molecule has 2 aromatic carbocycles. The summed E-state index contributed by atoms with van der Waals surface area (Å²) >= 11 is 0. The summed E-state index contributed by atoms with van der Waals surface area (Å²) in [4.78, 5) is 11.8. The Kier molecular flexibility index (Phi) is 6.83. The zero-order valence-corrected chi connectivity index (χ0v) is 14.0. The van der Waals surface area contributed by atoms with Gasteiger partial charge in [-0.05, 0) is 37.5 Å². The van der Waals surface area contributed by atoms with Crippen molar-refractivity contribution in [2.75, 3.05) is 13.7 Å². The average molecular weight is 326 g/mol. The first-order chi connectivity index (χ1) is 11.7. The lowest BCUT2D eigenvalue weighted by Crippen LogP contribution is -2.25. The zero-order valence-electron chi connectivity index (χ0n) is 14.0. The highest BCUT2D eigenvalue weighted by molar-refractivity contribution is 5.85. The second-order valence-electron chi connectivity index (χ2n) is 5.31. The van der Waals surface area contributed by atoms with E-state index in [9.17, 15) is 4.79 Å². The SMILES string of the molecule is COc1ccccc1OCC(=O)N/N=C(/C)CCc1ccccc1. The van der Waals surface area contributed by atoms with Crippen LogP contribution in [0.3, 0.4) is 0 Å². The molecule has 0 saturated heterocycles. The number of hydrogen-bond acceptors (Lipinski definition) is 4. The number of hydrogen-bond donors (Lipinski definition) is 1. The van der Waals surface area contributed by atoms with Crippen LogP contribution in [0.2, 0.25) is 0 Å². The summed E-state index contributed by atoms with van der Waals surface area (Å²) < 4.78 is 10.6. The van der Waals surface area contributed by atoms with Gasteiger partial charge >= 0.3 is 0 Å². The Bertz CT molecular complexity index is 684. The van der Waals surface area contributed by atoms with Crippen LogP contribution in [0.4, 0.5) is 0 Å². The summed E-state index contributed by atoms with van der Waals surface area (Å²) in [6, 6.07) is 17.4. The lowest BCUT2D eigenvalue weighted by atomic mass is 10.1. The number of ether oxygens (including phenoxy) is 2. The van der Waals surface area contributed by atoms with Gasteiger partial charge < -0.3 is 9.47 Å². The van der Waals surface area contributed by atoms with Gasteiger partial charge in [-0.3, -0.25) is 4.79 Å². The van der Waals surface area contributed by atoms with E-state index < -0.39 is 0 Å². The van der Waals surface area contributed by atoms with Crippen LogP contribution in [-0.4, -0.2) is 25.3 Å². The number of rotatable bonds is 8. The van der Waals surface area contributed by atoms with Crippen molar-refractivity contribution in [3.05, 3.63) is 60.2 Å². The third-order valence-electron chi connectivity index (χ3n) is 3.42. The zero-order chi connectivity index (χ0) is 17.2. The van der Waals surface area contributed by atoms with Crippen LogP contribution in [0.15, 0.2) is 59.7 Å². The number of hydrazone groups is 1. The molecule has 0 saturated carbocycles. The van der Waals surface area contributed by atoms with E-state index in [1.165, 1.54) is 5.56 Å². The van der Waals surface area contributed by atoms with E-state index in [1.807, 2.05) is 37.3 Å². The number of para-hydroxylation sites is 2. The number of nitrogens with one attached hydrogen (secondary N) is 1. The van der Waals surface area contributed by atoms with Crippen LogP contribution < -0.4 is 14.9 Å². The van der Waals surface area contributed by atoms with Crippen molar-refractivity contribution in [2.24, 2.45) is 5.10 Å². The molecule has 5 heteroatoms. The smallest absolute Gasteiger partial charge is 0.277 e. The maximum Gasteiger partial charge on any atom is 0.277 e. The summed E-state index contributed by atoms with van der Waals surface area (Å²) in [5.74, 6) is 0.813. The fourth-order valence-electron chi connectivity index (χ4n) is 2.10. The molecule has 0 radical (unpaired) electrons. The van der Waals surface area contributed by atoms with E-state index in [0.29, 0.717) is 11.5 Å². The molecule has 1 amide bonds. The van der Waals surface area contributed by atoms with Gasteiger partial charge in [0.15, 0.2) is 18.1 Å². The minimum absolute atomic E-state index is 0.115. The molecule has 0 atom stereocenters. The molecule has 0 bridgehead atoms. The summed E-state index contributed by atoms with van der Waals surface area (Å²) in [6.07, 6.45) is 1.68. The first-order valence-electron chi connectivity index (χ1n) is 7.81. The van der Waals surface area contributed by atoms with Gasteiger partial charge in [-0.15, -0.1) is 0 Å². The summed E-state index contributed by atoms with van der Waals surface area (Å²) in [5.41, 5.74) is 4.62. The van der Waals surface area contributed by atoms with E-state index in [0.717, 1.165) is 18.6 Å². The maximum atomic E-state index is 11.8. The Balaban J connectivity index is 1.75. The predicted molar refractivity (Wildman–Crippen MR) is 94.5 cm³/mol. The normalized spacial score (nSPS) is 11.0. The number of methoxy groups -OCH3 is 1. The third kappa shape index (κ3) is 5.76. The van der Waals surface area contributed by atoms with Gasteiger partial charge in [0, 0.05) is 5.71 Å². The Labute approximate surface area is 142 Å². The van der Waals surface area contributed by atoms with Crippen LogP contribution in [0.1, 0.15) is 18.9 Å². The van der Waals surface area contributed by atoms with Crippen LogP contribution in [0.25, 0.3) is 0 Å². The molecule has 0 aromatic heterocycles. The fraction of sp³-hybridized carbons (Fsp3) is 0.263. The highest BCUT2D eigenvalue weighted by atomic mass is 16.5. The number of benzene rings is 2. The number of nitrogens with zero attached hydrogens (tertiary/aromatic N) is 1. The van der Waals surface area contributed by atoms with Gasteiger partial charge in [0.25, 0.3) is 5.91 Å². The molecule has 0 aliphatic rings. The van der Waals surface area contributed by atoms with E-state index in [4.69, 9.17) is 9.47 Å². The van der Waals surface area contributed by atoms with Crippen molar-refractivity contribution in [1.82, 2.24) is 5.43 Å². The lowest BCUT2D eigenvalue weighted by molar-refractivity contribution is -0.123. The second-order valence-corrected chi connectivity index (χ2v) is 5.31.